The summed E-state index contributed by atoms with van der Waals surface area (Å²) >= 11 is 0. The molecule has 0 saturated heterocycles. The van der Waals surface area contributed by atoms with Crippen molar-refractivity contribution < 1.29 is 29.0 Å². The fourth-order valence-corrected chi connectivity index (χ4v) is 1.73. The molecule has 3 heteroatoms. The van der Waals surface area contributed by atoms with Gasteiger partial charge in [0.15, 0.2) is 0 Å². The first kappa shape index (κ1) is 22.0. The van der Waals surface area contributed by atoms with Crippen molar-refractivity contribution in [2.24, 2.45) is 0 Å². The molecule has 0 heterocycles. The van der Waals surface area contributed by atoms with Crippen LogP contribution in [0, 0.1) is 13.8 Å². The van der Waals surface area contributed by atoms with Gasteiger partial charge in [0.1, 0.15) is 0 Å². The summed E-state index contributed by atoms with van der Waals surface area (Å²) in [6.45, 7) is 10.3. The zero-order valence-corrected chi connectivity index (χ0v) is 16.9. The SMILES string of the molecule is [CH2-]CCOCc1ccccc1.[CH2-]CCOCc1ccccc1.[Zn+2]. The molecule has 0 N–H and O–H groups in total. The summed E-state index contributed by atoms with van der Waals surface area (Å²) in [6, 6.07) is 20.3. The zero-order valence-electron chi connectivity index (χ0n) is 14.0. The van der Waals surface area contributed by atoms with Crippen molar-refractivity contribution in [3.8, 4) is 0 Å². The minimum Gasteiger partial charge on any atom is -0.379 e. The first-order valence-electron chi connectivity index (χ1n) is 7.68. The molecular weight excluding hydrogens is 338 g/mol. The fourth-order valence-electron chi connectivity index (χ4n) is 1.73. The van der Waals surface area contributed by atoms with Crippen LogP contribution in [-0.2, 0) is 42.2 Å². The van der Waals surface area contributed by atoms with Crippen LogP contribution < -0.4 is 0 Å². The summed E-state index contributed by atoms with van der Waals surface area (Å²) in [5.41, 5.74) is 2.45. The van der Waals surface area contributed by atoms with Crippen molar-refractivity contribution in [2.45, 2.75) is 26.1 Å². The van der Waals surface area contributed by atoms with E-state index < -0.39 is 0 Å². The van der Waals surface area contributed by atoms with E-state index in [-0.39, 0.29) is 19.5 Å². The van der Waals surface area contributed by atoms with Gasteiger partial charge in [-0.15, -0.1) is 0 Å². The minimum absolute atomic E-state index is 0. The van der Waals surface area contributed by atoms with Gasteiger partial charge in [-0.1, -0.05) is 60.7 Å². The molecule has 0 aliphatic carbocycles. The molecule has 2 rings (SSSR count). The van der Waals surface area contributed by atoms with Crippen LogP contribution in [0.2, 0.25) is 0 Å². The van der Waals surface area contributed by atoms with E-state index in [9.17, 15) is 0 Å². The smallest absolute Gasteiger partial charge is 0.379 e. The van der Waals surface area contributed by atoms with Crippen molar-refractivity contribution in [3.05, 3.63) is 85.6 Å². The average Bonchev–Trinajstić information content (AvgIpc) is 2.58. The second-order valence-electron chi connectivity index (χ2n) is 4.78. The van der Waals surface area contributed by atoms with Gasteiger partial charge < -0.3 is 23.3 Å². The number of benzene rings is 2. The molecule has 0 aromatic heterocycles. The van der Waals surface area contributed by atoms with Gasteiger partial charge in [-0.2, -0.15) is 12.8 Å². The first-order valence-corrected chi connectivity index (χ1v) is 7.68. The van der Waals surface area contributed by atoms with E-state index >= 15 is 0 Å². The Morgan fingerprint density at radius 2 is 0.957 bits per heavy atom. The average molecular weight is 364 g/mol. The molecule has 0 aliphatic heterocycles. The maximum absolute atomic E-state index is 5.31. The summed E-state index contributed by atoms with van der Waals surface area (Å²) in [7, 11) is 0. The summed E-state index contributed by atoms with van der Waals surface area (Å²) < 4.78 is 10.6. The fraction of sp³-hybridized carbons (Fsp3) is 0.300. The van der Waals surface area contributed by atoms with Gasteiger partial charge in [0, 0.05) is 13.2 Å². The van der Waals surface area contributed by atoms with Crippen molar-refractivity contribution in [1.29, 1.82) is 0 Å². The molecule has 0 bridgehead atoms. The molecule has 0 saturated carbocycles. The first-order chi connectivity index (χ1) is 10.9. The number of ether oxygens (including phenoxy) is 2. The summed E-state index contributed by atoms with van der Waals surface area (Å²) in [6.07, 6.45) is 1.68. The van der Waals surface area contributed by atoms with Crippen LogP contribution in [0.5, 0.6) is 0 Å². The van der Waals surface area contributed by atoms with Crippen LogP contribution in [0.4, 0.5) is 0 Å². The van der Waals surface area contributed by atoms with Crippen LogP contribution in [0.1, 0.15) is 24.0 Å². The van der Waals surface area contributed by atoms with Crippen LogP contribution >= 0.6 is 0 Å². The third-order valence-electron chi connectivity index (χ3n) is 2.80. The van der Waals surface area contributed by atoms with Gasteiger partial charge in [-0.3, -0.25) is 0 Å². The molecule has 2 aromatic carbocycles. The number of rotatable bonds is 8. The Morgan fingerprint density at radius 1 is 0.609 bits per heavy atom. The molecule has 0 unspecified atom stereocenters. The third-order valence-corrected chi connectivity index (χ3v) is 2.80. The van der Waals surface area contributed by atoms with E-state index in [2.05, 4.69) is 38.1 Å². The Hall–Kier alpha value is -1.02. The maximum Gasteiger partial charge on any atom is 2.00 e. The maximum atomic E-state index is 5.31. The molecule has 2 aromatic rings. The summed E-state index contributed by atoms with van der Waals surface area (Å²) in [5.74, 6) is 0. The Morgan fingerprint density at radius 3 is 1.26 bits per heavy atom. The number of hydrogen-bond acceptors (Lipinski definition) is 2. The van der Waals surface area contributed by atoms with Crippen molar-refractivity contribution in [3.63, 3.8) is 0 Å². The van der Waals surface area contributed by atoms with E-state index in [1.807, 2.05) is 36.4 Å². The second kappa shape index (κ2) is 15.9. The van der Waals surface area contributed by atoms with Crippen molar-refractivity contribution in [1.82, 2.24) is 0 Å². The molecule has 2 nitrogen and oxygen atoms in total. The normalized spacial score (nSPS) is 9.48. The van der Waals surface area contributed by atoms with Gasteiger partial charge in [0.25, 0.3) is 0 Å². The minimum atomic E-state index is 0. The van der Waals surface area contributed by atoms with E-state index in [4.69, 9.17) is 9.47 Å². The summed E-state index contributed by atoms with van der Waals surface area (Å²) in [5, 5.41) is 0. The standard InChI is InChI=1S/2C10H13O.Zn/c2*1-2-8-11-9-10-6-4-3-5-7-10;/h2*3-7H,1-2,8-9H2;/q2*-1;+2. The van der Waals surface area contributed by atoms with Gasteiger partial charge in [-0.25, -0.2) is 0 Å². The third kappa shape index (κ3) is 12.1. The molecular formula is C20H26O2Zn. The van der Waals surface area contributed by atoms with Gasteiger partial charge in [0.05, 0.1) is 13.2 Å². The predicted octanol–water partition coefficient (Wildman–Crippen LogP) is 4.85. The van der Waals surface area contributed by atoms with E-state index in [1.54, 1.807) is 0 Å². The quantitative estimate of drug-likeness (QED) is 0.379. The Kier molecular flexibility index (Phi) is 15.2. The van der Waals surface area contributed by atoms with Gasteiger partial charge in [-0.05, 0) is 11.1 Å². The topological polar surface area (TPSA) is 18.5 Å². The molecule has 120 valence electrons. The second-order valence-corrected chi connectivity index (χ2v) is 4.78. The molecule has 0 spiro atoms. The van der Waals surface area contributed by atoms with E-state index in [1.165, 1.54) is 11.1 Å². The largest absolute Gasteiger partial charge is 2.00 e. The molecule has 0 fully saturated rings. The van der Waals surface area contributed by atoms with Crippen molar-refractivity contribution >= 4 is 0 Å². The molecule has 0 atom stereocenters. The van der Waals surface area contributed by atoms with Crippen LogP contribution in [0.15, 0.2) is 60.7 Å². The Balaban J connectivity index is 0.000000403. The zero-order chi connectivity index (χ0) is 15.9. The van der Waals surface area contributed by atoms with E-state index in [0.29, 0.717) is 13.2 Å². The van der Waals surface area contributed by atoms with Crippen molar-refractivity contribution in [2.75, 3.05) is 13.2 Å². The molecule has 0 amide bonds. The molecule has 0 radical (unpaired) electrons. The molecule has 0 aliphatic rings. The Labute approximate surface area is 154 Å². The number of hydrogen-bond donors (Lipinski definition) is 0. The Bertz CT molecular complexity index is 414. The summed E-state index contributed by atoms with van der Waals surface area (Å²) in [4.78, 5) is 0. The monoisotopic (exact) mass is 362 g/mol. The van der Waals surface area contributed by atoms with Crippen LogP contribution in [0.3, 0.4) is 0 Å². The van der Waals surface area contributed by atoms with E-state index in [0.717, 1.165) is 26.1 Å². The predicted molar refractivity (Wildman–Crippen MR) is 92.1 cm³/mol. The van der Waals surface area contributed by atoms with Gasteiger partial charge in [0.2, 0.25) is 0 Å². The van der Waals surface area contributed by atoms with Gasteiger partial charge >= 0.3 is 19.5 Å². The van der Waals surface area contributed by atoms with Crippen LogP contribution in [0.25, 0.3) is 0 Å². The van der Waals surface area contributed by atoms with Crippen LogP contribution in [-0.4, -0.2) is 13.2 Å². The molecule has 23 heavy (non-hydrogen) atoms.